The van der Waals surface area contributed by atoms with Crippen molar-refractivity contribution >= 4 is 0 Å². The summed E-state index contributed by atoms with van der Waals surface area (Å²) >= 11 is 0. The van der Waals surface area contributed by atoms with E-state index in [0.29, 0.717) is 0 Å². The van der Waals surface area contributed by atoms with Gasteiger partial charge < -0.3 is 0 Å². The molecule has 0 nitrogen and oxygen atoms in total. The SMILES string of the molecule is CC1CC1.CCc1cc(CC)c(C)cc1C. The first-order valence-electron chi connectivity index (χ1n) is 6.67. The van der Waals surface area contributed by atoms with Gasteiger partial charge in [0.05, 0.1) is 0 Å². The van der Waals surface area contributed by atoms with E-state index in [9.17, 15) is 0 Å². The first-order chi connectivity index (χ1) is 7.58. The zero-order valence-electron chi connectivity index (χ0n) is 11.6. The highest BCUT2D eigenvalue weighted by molar-refractivity contribution is 5.37. The maximum absolute atomic E-state index is 2.35. The lowest BCUT2D eigenvalue weighted by atomic mass is 9.97. The van der Waals surface area contributed by atoms with Crippen LogP contribution >= 0.6 is 0 Å². The molecule has 0 amide bonds. The summed E-state index contributed by atoms with van der Waals surface area (Å²) in [6, 6.07) is 4.66. The van der Waals surface area contributed by atoms with Crippen molar-refractivity contribution in [1.29, 1.82) is 0 Å². The Morgan fingerprint density at radius 1 is 0.938 bits per heavy atom. The molecule has 0 N–H and O–H groups in total. The molecule has 0 atom stereocenters. The molecule has 0 heteroatoms. The molecule has 90 valence electrons. The Kier molecular flexibility index (Phi) is 5.05. The molecule has 0 bridgehead atoms. The number of aryl methyl sites for hydroxylation is 4. The lowest BCUT2D eigenvalue weighted by Crippen LogP contribution is -1.93. The Balaban J connectivity index is 0.000000267. The van der Waals surface area contributed by atoms with Crippen LogP contribution in [-0.2, 0) is 12.8 Å². The minimum Gasteiger partial charge on any atom is -0.0625 e. The molecule has 1 aliphatic rings. The molecule has 0 heterocycles. The largest absolute Gasteiger partial charge is 0.0625 e. The van der Waals surface area contributed by atoms with Crippen LogP contribution in [0.15, 0.2) is 12.1 Å². The van der Waals surface area contributed by atoms with Crippen molar-refractivity contribution in [3.05, 3.63) is 34.4 Å². The Bertz CT molecular complexity index is 307. The predicted molar refractivity (Wildman–Crippen MR) is 73.1 cm³/mol. The maximum atomic E-state index is 2.35. The highest BCUT2D eigenvalue weighted by Gasteiger charge is 2.12. The van der Waals surface area contributed by atoms with Crippen LogP contribution in [-0.4, -0.2) is 0 Å². The average Bonchev–Trinajstić information content (AvgIpc) is 3.02. The maximum Gasteiger partial charge on any atom is -0.0305 e. The van der Waals surface area contributed by atoms with Gasteiger partial charge >= 0.3 is 0 Å². The normalized spacial score (nSPS) is 14.3. The van der Waals surface area contributed by atoms with Gasteiger partial charge in [-0.3, -0.25) is 0 Å². The lowest BCUT2D eigenvalue weighted by Gasteiger charge is -2.09. The molecule has 1 fully saturated rings. The molecule has 0 aromatic heterocycles. The van der Waals surface area contributed by atoms with Crippen molar-refractivity contribution in [3.8, 4) is 0 Å². The highest BCUT2D eigenvalue weighted by Crippen LogP contribution is 2.26. The van der Waals surface area contributed by atoms with Gasteiger partial charge in [-0.05, 0) is 54.9 Å². The van der Waals surface area contributed by atoms with Gasteiger partial charge in [-0.25, -0.2) is 0 Å². The van der Waals surface area contributed by atoms with Crippen molar-refractivity contribution in [2.45, 2.75) is 60.3 Å². The second-order valence-electron chi connectivity index (χ2n) is 5.09. The Morgan fingerprint density at radius 3 is 1.56 bits per heavy atom. The lowest BCUT2D eigenvalue weighted by molar-refractivity contribution is 0.983. The summed E-state index contributed by atoms with van der Waals surface area (Å²) in [4.78, 5) is 0. The topological polar surface area (TPSA) is 0 Å². The van der Waals surface area contributed by atoms with Crippen LogP contribution in [0.1, 0.15) is 55.9 Å². The highest BCUT2D eigenvalue weighted by atomic mass is 14.2. The molecule has 0 spiro atoms. The summed E-state index contributed by atoms with van der Waals surface area (Å²) in [5, 5.41) is 0. The van der Waals surface area contributed by atoms with E-state index in [4.69, 9.17) is 0 Å². The molecule has 16 heavy (non-hydrogen) atoms. The molecular formula is C16H26. The smallest absolute Gasteiger partial charge is 0.0305 e. The van der Waals surface area contributed by atoms with Gasteiger partial charge in [-0.15, -0.1) is 0 Å². The van der Waals surface area contributed by atoms with Crippen LogP contribution in [0.5, 0.6) is 0 Å². The van der Waals surface area contributed by atoms with Crippen molar-refractivity contribution in [2.24, 2.45) is 5.92 Å². The van der Waals surface area contributed by atoms with Crippen LogP contribution in [0, 0.1) is 19.8 Å². The number of rotatable bonds is 2. The summed E-state index contributed by atoms with van der Waals surface area (Å²) < 4.78 is 0. The van der Waals surface area contributed by atoms with E-state index in [2.05, 4.69) is 46.8 Å². The summed E-state index contributed by atoms with van der Waals surface area (Å²) in [6.07, 6.45) is 5.28. The molecule has 1 saturated carbocycles. The standard InChI is InChI=1S/C12H18.C4H8/c1-5-11-8-12(6-2)10(4)7-9(11)3;1-4-2-3-4/h7-8H,5-6H2,1-4H3;4H,2-3H2,1H3. The fraction of sp³-hybridized carbons (Fsp3) is 0.625. The number of hydrogen-bond donors (Lipinski definition) is 0. The van der Waals surface area contributed by atoms with E-state index < -0.39 is 0 Å². The first-order valence-corrected chi connectivity index (χ1v) is 6.67. The third-order valence-corrected chi connectivity index (χ3v) is 3.42. The van der Waals surface area contributed by atoms with E-state index in [1.54, 1.807) is 0 Å². The zero-order chi connectivity index (χ0) is 12.1. The molecule has 1 aromatic carbocycles. The number of benzene rings is 1. The van der Waals surface area contributed by atoms with Crippen LogP contribution in [0.4, 0.5) is 0 Å². The van der Waals surface area contributed by atoms with Gasteiger partial charge in [0.15, 0.2) is 0 Å². The number of hydrogen-bond acceptors (Lipinski definition) is 0. The fourth-order valence-electron chi connectivity index (χ4n) is 1.88. The molecule has 1 aliphatic carbocycles. The molecule has 0 unspecified atom stereocenters. The molecule has 0 saturated heterocycles. The summed E-state index contributed by atoms with van der Waals surface area (Å²) in [5.41, 5.74) is 5.87. The van der Waals surface area contributed by atoms with Crippen molar-refractivity contribution in [1.82, 2.24) is 0 Å². The second-order valence-corrected chi connectivity index (χ2v) is 5.09. The molecule has 2 rings (SSSR count). The summed E-state index contributed by atoms with van der Waals surface area (Å²) in [7, 11) is 0. The minimum absolute atomic E-state index is 1.08. The van der Waals surface area contributed by atoms with Gasteiger partial charge in [0, 0.05) is 0 Å². The third kappa shape index (κ3) is 4.00. The minimum atomic E-state index is 1.08. The van der Waals surface area contributed by atoms with Gasteiger partial charge in [0.25, 0.3) is 0 Å². The van der Waals surface area contributed by atoms with Crippen LogP contribution in [0.2, 0.25) is 0 Å². The van der Waals surface area contributed by atoms with Crippen LogP contribution < -0.4 is 0 Å². The van der Waals surface area contributed by atoms with E-state index >= 15 is 0 Å². The van der Waals surface area contributed by atoms with Gasteiger partial charge in [0.2, 0.25) is 0 Å². The third-order valence-electron chi connectivity index (χ3n) is 3.42. The van der Waals surface area contributed by atoms with Gasteiger partial charge in [0.1, 0.15) is 0 Å². The molecule has 0 radical (unpaired) electrons. The van der Waals surface area contributed by atoms with Crippen molar-refractivity contribution < 1.29 is 0 Å². The van der Waals surface area contributed by atoms with Crippen LogP contribution in [0.25, 0.3) is 0 Å². The van der Waals surface area contributed by atoms with Crippen molar-refractivity contribution in [3.63, 3.8) is 0 Å². The Morgan fingerprint density at radius 2 is 1.31 bits per heavy atom. The Labute approximate surface area is 101 Å². The Hall–Kier alpha value is -0.780. The average molecular weight is 218 g/mol. The molecule has 1 aromatic rings. The fourth-order valence-corrected chi connectivity index (χ4v) is 1.88. The van der Waals surface area contributed by atoms with Gasteiger partial charge in [-0.1, -0.05) is 45.7 Å². The van der Waals surface area contributed by atoms with Crippen LogP contribution in [0.3, 0.4) is 0 Å². The van der Waals surface area contributed by atoms with E-state index in [1.165, 1.54) is 35.1 Å². The van der Waals surface area contributed by atoms with Crippen molar-refractivity contribution in [2.75, 3.05) is 0 Å². The molecular weight excluding hydrogens is 192 g/mol. The van der Waals surface area contributed by atoms with Gasteiger partial charge in [-0.2, -0.15) is 0 Å². The summed E-state index contributed by atoms with van der Waals surface area (Å²) in [6.45, 7) is 11.1. The van der Waals surface area contributed by atoms with E-state index in [-0.39, 0.29) is 0 Å². The van der Waals surface area contributed by atoms with E-state index in [1.807, 2.05) is 0 Å². The zero-order valence-corrected chi connectivity index (χ0v) is 11.6. The quantitative estimate of drug-likeness (QED) is 0.666. The van der Waals surface area contributed by atoms with E-state index in [0.717, 1.165) is 18.8 Å². The predicted octanol–water partition coefficient (Wildman–Crippen LogP) is 4.84. The molecule has 0 aliphatic heterocycles. The summed E-state index contributed by atoms with van der Waals surface area (Å²) in [5.74, 6) is 1.08. The monoisotopic (exact) mass is 218 g/mol. The second kappa shape index (κ2) is 6.08. The first kappa shape index (κ1) is 13.3.